The Morgan fingerprint density at radius 2 is 1.90 bits per heavy atom. The van der Waals surface area contributed by atoms with Crippen LogP contribution in [-0.4, -0.2) is 0 Å². The molecule has 0 aliphatic heterocycles. The van der Waals surface area contributed by atoms with Gasteiger partial charge in [-0.05, 0) is 59.1 Å². The van der Waals surface area contributed by atoms with E-state index < -0.39 is 0 Å². The lowest BCUT2D eigenvalue weighted by atomic mass is 10.0. The molecule has 3 aromatic rings. The molecule has 0 spiro atoms. The first-order chi connectivity index (χ1) is 9.76. The standard InChI is InChI=1S/C17H16FNS/c1-2-16(12-3-5-14(18)6-4-12)19-15-7-8-17-13(11-15)9-10-20-17/h3-11,16,19H,2H2,1H3. The van der Waals surface area contributed by atoms with Crippen LogP contribution in [0.3, 0.4) is 0 Å². The third-order valence-electron chi connectivity index (χ3n) is 3.47. The van der Waals surface area contributed by atoms with Gasteiger partial charge in [0.1, 0.15) is 5.82 Å². The molecule has 1 heterocycles. The van der Waals surface area contributed by atoms with E-state index in [0.717, 1.165) is 17.7 Å². The highest BCUT2D eigenvalue weighted by Crippen LogP contribution is 2.27. The summed E-state index contributed by atoms with van der Waals surface area (Å²) < 4.78 is 14.3. The van der Waals surface area contributed by atoms with Crippen molar-refractivity contribution in [3.05, 3.63) is 65.3 Å². The highest BCUT2D eigenvalue weighted by atomic mass is 32.1. The van der Waals surface area contributed by atoms with E-state index in [-0.39, 0.29) is 11.9 Å². The fourth-order valence-electron chi connectivity index (χ4n) is 2.37. The molecule has 0 radical (unpaired) electrons. The van der Waals surface area contributed by atoms with Gasteiger partial charge in [0.25, 0.3) is 0 Å². The largest absolute Gasteiger partial charge is 0.378 e. The minimum absolute atomic E-state index is 0.191. The third kappa shape index (κ3) is 2.68. The van der Waals surface area contributed by atoms with Crippen molar-refractivity contribution >= 4 is 27.1 Å². The fourth-order valence-corrected chi connectivity index (χ4v) is 3.14. The smallest absolute Gasteiger partial charge is 0.123 e. The molecule has 1 atom stereocenters. The summed E-state index contributed by atoms with van der Waals surface area (Å²) in [6, 6.07) is 15.5. The normalized spacial score (nSPS) is 12.5. The van der Waals surface area contributed by atoms with Crippen LogP contribution in [0, 0.1) is 5.82 Å². The fraction of sp³-hybridized carbons (Fsp3) is 0.176. The van der Waals surface area contributed by atoms with Crippen molar-refractivity contribution in [1.29, 1.82) is 0 Å². The van der Waals surface area contributed by atoms with Crippen LogP contribution in [0.25, 0.3) is 10.1 Å². The number of thiophene rings is 1. The van der Waals surface area contributed by atoms with Crippen LogP contribution in [0.1, 0.15) is 24.9 Å². The van der Waals surface area contributed by atoms with Gasteiger partial charge in [-0.15, -0.1) is 11.3 Å². The first-order valence-corrected chi connectivity index (χ1v) is 7.63. The van der Waals surface area contributed by atoms with Gasteiger partial charge in [0.2, 0.25) is 0 Å². The molecule has 3 rings (SSSR count). The van der Waals surface area contributed by atoms with Gasteiger partial charge in [-0.25, -0.2) is 4.39 Å². The summed E-state index contributed by atoms with van der Waals surface area (Å²) >= 11 is 1.75. The van der Waals surface area contributed by atoms with Gasteiger partial charge >= 0.3 is 0 Å². The summed E-state index contributed by atoms with van der Waals surface area (Å²) in [6.45, 7) is 2.13. The Kier molecular flexibility index (Phi) is 3.70. The molecular formula is C17H16FNS. The lowest BCUT2D eigenvalue weighted by Gasteiger charge is -2.19. The molecule has 0 bridgehead atoms. The topological polar surface area (TPSA) is 12.0 Å². The summed E-state index contributed by atoms with van der Waals surface area (Å²) in [4.78, 5) is 0. The maximum Gasteiger partial charge on any atom is 0.123 e. The van der Waals surface area contributed by atoms with Crippen molar-refractivity contribution in [3.8, 4) is 0 Å². The second kappa shape index (κ2) is 5.63. The summed E-state index contributed by atoms with van der Waals surface area (Å²) in [5.41, 5.74) is 2.21. The predicted molar refractivity (Wildman–Crippen MR) is 84.9 cm³/mol. The minimum atomic E-state index is -0.191. The number of nitrogens with one attached hydrogen (secondary N) is 1. The SMILES string of the molecule is CCC(Nc1ccc2sccc2c1)c1ccc(F)cc1. The number of fused-ring (bicyclic) bond motifs is 1. The zero-order chi connectivity index (χ0) is 13.9. The number of benzene rings is 2. The van der Waals surface area contributed by atoms with E-state index in [2.05, 4.69) is 41.9 Å². The van der Waals surface area contributed by atoms with Gasteiger partial charge in [0, 0.05) is 10.4 Å². The summed E-state index contributed by atoms with van der Waals surface area (Å²) in [5, 5.41) is 6.89. The number of rotatable bonds is 4. The van der Waals surface area contributed by atoms with Gasteiger partial charge in [0.15, 0.2) is 0 Å². The average molecular weight is 285 g/mol. The predicted octanol–water partition coefficient (Wildman–Crippen LogP) is 5.60. The first kappa shape index (κ1) is 13.1. The third-order valence-corrected chi connectivity index (χ3v) is 4.37. The van der Waals surface area contributed by atoms with Crippen LogP contribution in [0.15, 0.2) is 53.9 Å². The van der Waals surface area contributed by atoms with Crippen molar-refractivity contribution in [2.24, 2.45) is 0 Å². The van der Waals surface area contributed by atoms with Gasteiger partial charge in [-0.1, -0.05) is 19.1 Å². The van der Waals surface area contributed by atoms with Crippen molar-refractivity contribution in [2.75, 3.05) is 5.32 Å². The van der Waals surface area contributed by atoms with E-state index in [1.807, 2.05) is 12.1 Å². The van der Waals surface area contributed by atoms with E-state index >= 15 is 0 Å². The monoisotopic (exact) mass is 285 g/mol. The Balaban J connectivity index is 1.84. The number of anilines is 1. The maximum atomic E-state index is 13.0. The Labute approximate surface area is 122 Å². The summed E-state index contributed by atoms with van der Waals surface area (Å²) in [6.07, 6.45) is 0.952. The van der Waals surface area contributed by atoms with Crippen molar-refractivity contribution in [2.45, 2.75) is 19.4 Å². The van der Waals surface area contributed by atoms with E-state index in [1.165, 1.54) is 22.2 Å². The Bertz CT molecular complexity index is 702. The van der Waals surface area contributed by atoms with Crippen LogP contribution >= 0.6 is 11.3 Å². The van der Waals surface area contributed by atoms with Crippen LogP contribution in [0.5, 0.6) is 0 Å². The Morgan fingerprint density at radius 3 is 2.65 bits per heavy atom. The molecule has 3 heteroatoms. The zero-order valence-corrected chi connectivity index (χ0v) is 12.1. The molecular weight excluding hydrogens is 269 g/mol. The maximum absolute atomic E-state index is 13.0. The Morgan fingerprint density at radius 1 is 1.10 bits per heavy atom. The van der Waals surface area contributed by atoms with Gasteiger partial charge in [0.05, 0.1) is 6.04 Å². The van der Waals surface area contributed by atoms with Crippen molar-refractivity contribution in [1.82, 2.24) is 0 Å². The molecule has 1 N–H and O–H groups in total. The number of hydrogen-bond acceptors (Lipinski definition) is 2. The molecule has 1 aromatic heterocycles. The average Bonchev–Trinajstić information content (AvgIpc) is 2.93. The molecule has 0 aliphatic carbocycles. The van der Waals surface area contributed by atoms with Gasteiger partial charge < -0.3 is 5.32 Å². The number of halogens is 1. The van der Waals surface area contributed by atoms with E-state index in [4.69, 9.17) is 0 Å². The lowest BCUT2D eigenvalue weighted by molar-refractivity contribution is 0.625. The molecule has 0 fully saturated rings. The second-order valence-corrected chi connectivity index (χ2v) is 5.78. The molecule has 20 heavy (non-hydrogen) atoms. The highest BCUT2D eigenvalue weighted by molar-refractivity contribution is 7.17. The van der Waals surface area contributed by atoms with Crippen LogP contribution in [0.2, 0.25) is 0 Å². The number of hydrogen-bond donors (Lipinski definition) is 1. The molecule has 0 aliphatic rings. The molecule has 0 saturated carbocycles. The van der Waals surface area contributed by atoms with Gasteiger partial charge in [-0.3, -0.25) is 0 Å². The lowest BCUT2D eigenvalue weighted by Crippen LogP contribution is -2.09. The Hall–Kier alpha value is -1.87. The van der Waals surface area contributed by atoms with E-state index in [0.29, 0.717) is 0 Å². The zero-order valence-electron chi connectivity index (χ0n) is 11.3. The molecule has 0 amide bonds. The van der Waals surface area contributed by atoms with Crippen LogP contribution in [-0.2, 0) is 0 Å². The summed E-state index contributed by atoms with van der Waals surface area (Å²) in [7, 11) is 0. The highest BCUT2D eigenvalue weighted by Gasteiger charge is 2.09. The molecule has 102 valence electrons. The van der Waals surface area contributed by atoms with Crippen molar-refractivity contribution < 1.29 is 4.39 Å². The minimum Gasteiger partial charge on any atom is -0.378 e. The molecule has 2 aromatic carbocycles. The van der Waals surface area contributed by atoms with Crippen LogP contribution < -0.4 is 5.32 Å². The quantitative estimate of drug-likeness (QED) is 0.657. The van der Waals surface area contributed by atoms with E-state index in [9.17, 15) is 4.39 Å². The molecule has 0 saturated heterocycles. The van der Waals surface area contributed by atoms with Crippen LogP contribution in [0.4, 0.5) is 10.1 Å². The van der Waals surface area contributed by atoms with Gasteiger partial charge in [-0.2, -0.15) is 0 Å². The van der Waals surface area contributed by atoms with E-state index in [1.54, 1.807) is 11.3 Å². The molecule has 1 unspecified atom stereocenters. The second-order valence-electron chi connectivity index (χ2n) is 4.83. The first-order valence-electron chi connectivity index (χ1n) is 6.75. The molecule has 1 nitrogen and oxygen atoms in total. The summed E-state index contributed by atoms with van der Waals surface area (Å²) in [5.74, 6) is -0.191. The van der Waals surface area contributed by atoms with Crippen molar-refractivity contribution in [3.63, 3.8) is 0 Å².